The van der Waals surface area contributed by atoms with Crippen LogP contribution in [0, 0.1) is 17.0 Å². The van der Waals surface area contributed by atoms with Crippen LogP contribution in [0.3, 0.4) is 0 Å². The minimum Gasteiger partial charge on any atom is -0.502 e. The highest BCUT2D eigenvalue weighted by Gasteiger charge is 2.22. The van der Waals surface area contributed by atoms with Gasteiger partial charge in [0.1, 0.15) is 0 Å². The second-order valence-electron chi connectivity index (χ2n) is 3.44. The summed E-state index contributed by atoms with van der Waals surface area (Å²) in [5.74, 6) is -0.311. The normalized spacial score (nSPS) is 11.7. The summed E-state index contributed by atoms with van der Waals surface area (Å²) in [6, 6.07) is 2.86. The predicted octanol–water partition coefficient (Wildman–Crippen LogP) is 2.44. The van der Waals surface area contributed by atoms with Crippen molar-refractivity contribution in [2.24, 2.45) is 5.73 Å². The van der Waals surface area contributed by atoms with Crippen LogP contribution in [-0.2, 0) is 0 Å². The minimum atomic E-state index is -0.587. The molecule has 0 amide bonds. The van der Waals surface area contributed by atoms with Gasteiger partial charge >= 0.3 is 5.69 Å². The standard InChI is InChI=1S/C10H14N2O3.ClH/c1-3-8(11)7-5-4-6(2)9(10(7)13)12(14)15;/h4-5,8,13H,3,11H2,1-2H3;1H/t8-;/m0./s1. The SMILES string of the molecule is CC[C@H](N)c1ccc(C)c([N+](=O)[O-])c1O.Cl. The third-order valence-electron chi connectivity index (χ3n) is 2.41. The van der Waals surface area contributed by atoms with Crippen molar-refractivity contribution < 1.29 is 10.0 Å². The van der Waals surface area contributed by atoms with E-state index in [0.29, 0.717) is 17.5 Å². The van der Waals surface area contributed by atoms with E-state index in [4.69, 9.17) is 5.73 Å². The van der Waals surface area contributed by atoms with Crippen molar-refractivity contribution in [1.82, 2.24) is 0 Å². The molecule has 0 radical (unpaired) electrons. The van der Waals surface area contributed by atoms with Gasteiger partial charge in [0.25, 0.3) is 0 Å². The third-order valence-corrected chi connectivity index (χ3v) is 2.41. The van der Waals surface area contributed by atoms with Gasteiger partial charge in [0.05, 0.1) is 4.92 Å². The van der Waals surface area contributed by atoms with Crippen LogP contribution in [0.1, 0.15) is 30.5 Å². The Balaban J connectivity index is 0.00000225. The molecule has 0 spiro atoms. The Morgan fingerprint density at radius 1 is 1.56 bits per heavy atom. The molecule has 1 atom stereocenters. The number of phenolic OH excluding ortho intramolecular Hbond substituents is 1. The van der Waals surface area contributed by atoms with E-state index < -0.39 is 4.92 Å². The zero-order valence-corrected chi connectivity index (χ0v) is 9.95. The van der Waals surface area contributed by atoms with Crippen LogP contribution in [0.4, 0.5) is 5.69 Å². The fourth-order valence-corrected chi connectivity index (χ4v) is 1.45. The molecule has 0 aromatic heterocycles. The zero-order valence-electron chi connectivity index (χ0n) is 9.14. The van der Waals surface area contributed by atoms with E-state index in [9.17, 15) is 15.2 Å². The summed E-state index contributed by atoms with van der Waals surface area (Å²) in [4.78, 5) is 10.1. The van der Waals surface area contributed by atoms with Crippen LogP contribution in [0.15, 0.2) is 12.1 Å². The summed E-state index contributed by atoms with van der Waals surface area (Å²) in [5, 5.41) is 20.4. The molecule has 0 heterocycles. The van der Waals surface area contributed by atoms with Gasteiger partial charge in [-0.25, -0.2) is 0 Å². The molecule has 0 bridgehead atoms. The minimum absolute atomic E-state index is 0. The van der Waals surface area contributed by atoms with Crippen molar-refractivity contribution in [3.63, 3.8) is 0 Å². The predicted molar refractivity (Wildman–Crippen MR) is 64.0 cm³/mol. The number of rotatable bonds is 3. The maximum absolute atomic E-state index is 10.7. The molecule has 1 aromatic rings. The lowest BCUT2D eigenvalue weighted by Crippen LogP contribution is -2.09. The second-order valence-corrected chi connectivity index (χ2v) is 3.44. The fourth-order valence-electron chi connectivity index (χ4n) is 1.45. The number of phenols is 1. The van der Waals surface area contributed by atoms with E-state index in [1.165, 1.54) is 0 Å². The van der Waals surface area contributed by atoms with Gasteiger partial charge in [-0.2, -0.15) is 0 Å². The molecule has 1 aromatic carbocycles. The van der Waals surface area contributed by atoms with Crippen molar-refractivity contribution in [3.8, 4) is 5.75 Å². The smallest absolute Gasteiger partial charge is 0.313 e. The van der Waals surface area contributed by atoms with Crippen molar-refractivity contribution in [2.45, 2.75) is 26.3 Å². The van der Waals surface area contributed by atoms with Gasteiger partial charge in [-0.3, -0.25) is 10.1 Å². The van der Waals surface area contributed by atoms with Gasteiger partial charge in [0.2, 0.25) is 0 Å². The number of hydrogen-bond acceptors (Lipinski definition) is 4. The first-order chi connectivity index (χ1) is 6.99. The molecule has 5 nitrogen and oxygen atoms in total. The van der Waals surface area contributed by atoms with Crippen molar-refractivity contribution in [2.75, 3.05) is 0 Å². The Morgan fingerprint density at radius 2 is 2.12 bits per heavy atom. The third kappa shape index (κ3) is 2.62. The number of aryl methyl sites for hydroxylation is 1. The van der Waals surface area contributed by atoms with E-state index in [-0.39, 0.29) is 29.9 Å². The number of nitro benzene ring substituents is 1. The monoisotopic (exact) mass is 246 g/mol. The topological polar surface area (TPSA) is 89.4 Å². The van der Waals surface area contributed by atoms with Crippen molar-refractivity contribution >= 4 is 18.1 Å². The van der Waals surface area contributed by atoms with Crippen LogP contribution in [0.2, 0.25) is 0 Å². The average Bonchev–Trinajstić information content (AvgIpc) is 2.16. The quantitative estimate of drug-likeness (QED) is 0.633. The lowest BCUT2D eigenvalue weighted by molar-refractivity contribution is -0.386. The van der Waals surface area contributed by atoms with Crippen molar-refractivity contribution in [3.05, 3.63) is 33.4 Å². The van der Waals surface area contributed by atoms with Crippen LogP contribution in [-0.4, -0.2) is 10.0 Å². The van der Waals surface area contributed by atoms with Gasteiger partial charge < -0.3 is 10.8 Å². The summed E-state index contributed by atoms with van der Waals surface area (Å²) < 4.78 is 0. The summed E-state index contributed by atoms with van der Waals surface area (Å²) >= 11 is 0. The Morgan fingerprint density at radius 3 is 2.56 bits per heavy atom. The number of halogens is 1. The molecule has 0 aliphatic heterocycles. The maximum Gasteiger partial charge on any atom is 0.313 e. The highest BCUT2D eigenvalue weighted by molar-refractivity contribution is 5.85. The molecule has 0 aliphatic rings. The van der Waals surface area contributed by atoms with Crippen LogP contribution in [0.25, 0.3) is 0 Å². The van der Waals surface area contributed by atoms with E-state index in [1.807, 2.05) is 6.92 Å². The molecular weight excluding hydrogens is 232 g/mol. The zero-order chi connectivity index (χ0) is 11.6. The molecule has 0 fully saturated rings. The molecule has 16 heavy (non-hydrogen) atoms. The summed E-state index contributed by atoms with van der Waals surface area (Å²) in [6.45, 7) is 3.44. The maximum atomic E-state index is 10.7. The van der Waals surface area contributed by atoms with Crippen molar-refractivity contribution in [1.29, 1.82) is 0 Å². The first-order valence-electron chi connectivity index (χ1n) is 4.71. The number of aromatic hydroxyl groups is 1. The van der Waals surface area contributed by atoms with Crippen LogP contribution < -0.4 is 5.73 Å². The Bertz CT molecular complexity index is 396. The summed E-state index contributed by atoms with van der Waals surface area (Å²) in [6.07, 6.45) is 0.619. The highest BCUT2D eigenvalue weighted by atomic mass is 35.5. The van der Waals surface area contributed by atoms with Gasteiger partial charge in [-0.05, 0) is 13.3 Å². The lowest BCUT2D eigenvalue weighted by atomic mass is 10.0. The Hall–Kier alpha value is -1.33. The van der Waals surface area contributed by atoms with E-state index in [1.54, 1.807) is 19.1 Å². The summed E-state index contributed by atoms with van der Waals surface area (Å²) in [5.41, 5.74) is 6.34. The average molecular weight is 247 g/mol. The van der Waals surface area contributed by atoms with Gasteiger partial charge in [-0.1, -0.05) is 19.1 Å². The Labute approximate surface area is 99.8 Å². The highest BCUT2D eigenvalue weighted by Crippen LogP contribution is 2.36. The molecule has 1 rings (SSSR count). The Kier molecular flexibility index (Phi) is 5.20. The fraction of sp³-hybridized carbons (Fsp3) is 0.400. The van der Waals surface area contributed by atoms with Crippen LogP contribution >= 0.6 is 12.4 Å². The molecule has 0 aliphatic carbocycles. The first kappa shape index (κ1) is 14.7. The van der Waals surface area contributed by atoms with E-state index in [0.717, 1.165) is 0 Å². The lowest BCUT2D eigenvalue weighted by Gasteiger charge is -2.12. The number of nitrogens with zero attached hydrogens (tertiary/aromatic N) is 1. The molecule has 0 saturated carbocycles. The molecule has 90 valence electrons. The van der Waals surface area contributed by atoms with Gasteiger partial charge in [-0.15, -0.1) is 12.4 Å². The number of nitrogens with two attached hydrogens (primary N) is 1. The number of nitro groups is 1. The molecule has 0 saturated heterocycles. The second kappa shape index (κ2) is 5.67. The molecular formula is C10H15ClN2O3. The molecule has 6 heteroatoms. The van der Waals surface area contributed by atoms with Crippen LogP contribution in [0.5, 0.6) is 5.75 Å². The largest absolute Gasteiger partial charge is 0.502 e. The first-order valence-corrected chi connectivity index (χ1v) is 4.71. The van der Waals surface area contributed by atoms with E-state index in [2.05, 4.69) is 0 Å². The molecule has 0 unspecified atom stereocenters. The number of benzene rings is 1. The van der Waals surface area contributed by atoms with E-state index >= 15 is 0 Å². The molecule has 3 N–H and O–H groups in total. The summed E-state index contributed by atoms with van der Waals surface area (Å²) in [7, 11) is 0. The van der Waals surface area contributed by atoms with Gasteiger partial charge in [0.15, 0.2) is 5.75 Å². The number of hydrogen-bond donors (Lipinski definition) is 2. The van der Waals surface area contributed by atoms with Gasteiger partial charge in [0, 0.05) is 17.2 Å².